The van der Waals surface area contributed by atoms with Crippen LogP contribution in [0.25, 0.3) is 10.2 Å². The number of nitrogens with two attached hydrogens (primary N) is 1. The van der Waals surface area contributed by atoms with E-state index in [1.165, 1.54) is 28.0 Å². The molecule has 0 atom stereocenters. The molecular weight excluding hydrogens is 246 g/mol. The van der Waals surface area contributed by atoms with Crippen LogP contribution in [-0.4, -0.2) is 9.66 Å². The molecule has 0 radical (unpaired) electrons. The summed E-state index contributed by atoms with van der Waals surface area (Å²) in [4.78, 5) is 17.5. The molecule has 2 N–H and O–H groups in total. The van der Waals surface area contributed by atoms with Crippen LogP contribution in [0.1, 0.15) is 30.7 Å². The summed E-state index contributed by atoms with van der Waals surface area (Å²) in [6.45, 7) is 1.92. The Bertz CT molecular complexity index is 696. The zero-order valence-corrected chi connectivity index (χ0v) is 11.1. The summed E-state index contributed by atoms with van der Waals surface area (Å²) >= 11 is 1.51. The van der Waals surface area contributed by atoms with Gasteiger partial charge in [-0.2, -0.15) is 0 Å². The van der Waals surface area contributed by atoms with E-state index in [0.717, 1.165) is 23.2 Å². The Kier molecular flexibility index (Phi) is 2.70. The van der Waals surface area contributed by atoms with Crippen molar-refractivity contribution in [1.29, 1.82) is 0 Å². The molecule has 1 aliphatic rings. The smallest absolute Gasteiger partial charge is 0.280 e. The second kappa shape index (κ2) is 4.24. The largest absolute Gasteiger partial charge is 0.335 e. The summed E-state index contributed by atoms with van der Waals surface area (Å²) in [5.74, 6) is 6.54. The molecule has 0 bridgehead atoms. The van der Waals surface area contributed by atoms with Gasteiger partial charge in [-0.15, -0.1) is 11.3 Å². The van der Waals surface area contributed by atoms with Gasteiger partial charge in [0, 0.05) is 6.42 Å². The highest BCUT2D eigenvalue weighted by molar-refractivity contribution is 7.16. The van der Waals surface area contributed by atoms with Crippen molar-refractivity contribution in [2.24, 2.45) is 0 Å². The lowest BCUT2D eigenvalue weighted by Gasteiger charge is -2.08. The highest BCUT2D eigenvalue weighted by Gasteiger charge is 2.14. The first-order chi connectivity index (χ1) is 8.66. The molecule has 0 unspecified atom stereocenters. The molecule has 0 saturated carbocycles. The summed E-state index contributed by atoms with van der Waals surface area (Å²) in [7, 11) is 0. The minimum Gasteiger partial charge on any atom is -0.335 e. The fraction of sp³-hybridized carbons (Fsp3) is 0.385. The van der Waals surface area contributed by atoms with Crippen molar-refractivity contribution in [1.82, 2.24) is 9.66 Å². The maximum atomic E-state index is 12.2. The lowest BCUT2D eigenvalue weighted by molar-refractivity contribution is 0.790. The first kappa shape index (κ1) is 11.5. The van der Waals surface area contributed by atoms with Crippen molar-refractivity contribution >= 4 is 21.6 Å². The molecule has 2 aromatic rings. The number of nitrogens with zero attached hydrogens (tertiary/aromatic N) is 2. The van der Waals surface area contributed by atoms with E-state index >= 15 is 0 Å². The number of aryl methyl sites for hydroxylation is 1. The number of fused-ring (bicyclic) bond motifs is 1. The molecule has 4 nitrogen and oxygen atoms in total. The highest BCUT2D eigenvalue weighted by Crippen LogP contribution is 2.23. The van der Waals surface area contributed by atoms with Crippen LogP contribution in [0.15, 0.2) is 21.8 Å². The lowest BCUT2D eigenvalue weighted by Crippen LogP contribution is -2.31. The van der Waals surface area contributed by atoms with Gasteiger partial charge in [0.05, 0.1) is 5.39 Å². The predicted molar refractivity (Wildman–Crippen MR) is 74.4 cm³/mol. The summed E-state index contributed by atoms with van der Waals surface area (Å²) in [5, 5.41) is 2.61. The molecule has 2 aromatic heterocycles. The summed E-state index contributed by atoms with van der Waals surface area (Å²) < 4.78 is 1.21. The molecule has 0 saturated heterocycles. The molecule has 2 heterocycles. The molecular formula is C13H15N3OS. The zero-order valence-electron chi connectivity index (χ0n) is 10.3. The fourth-order valence-corrected chi connectivity index (χ4v) is 3.34. The van der Waals surface area contributed by atoms with Crippen LogP contribution < -0.4 is 11.4 Å². The monoisotopic (exact) mass is 261 g/mol. The van der Waals surface area contributed by atoms with Crippen molar-refractivity contribution in [3.05, 3.63) is 38.8 Å². The average Bonchev–Trinajstić information content (AvgIpc) is 2.96. The first-order valence-corrected chi connectivity index (χ1v) is 6.97. The number of nitrogen functional groups attached to an aromatic ring is 1. The molecule has 94 valence electrons. The Balaban J connectivity index is 2.12. The van der Waals surface area contributed by atoms with E-state index in [1.54, 1.807) is 0 Å². The highest BCUT2D eigenvalue weighted by atomic mass is 32.1. The maximum Gasteiger partial charge on any atom is 0.280 e. The first-order valence-electron chi connectivity index (χ1n) is 6.09. The second-order valence-electron chi connectivity index (χ2n) is 4.73. The van der Waals surface area contributed by atoms with Gasteiger partial charge < -0.3 is 5.84 Å². The molecule has 0 amide bonds. The van der Waals surface area contributed by atoms with Gasteiger partial charge in [-0.3, -0.25) is 4.79 Å². The van der Waals surface area contributed by atoms with Crippen LogP contribution in [0.2, 0.25) is 0 Å². The molecule has 5 heteroatoms. The molecule has 0 spiro atoms. The quantitative estimate of drug-likeness (QED) is 0.665. The number of hydrogen-bond donors (Lipinski definition) is 1. The number of rotatable bonds is 2. The molecule has 0 aromatic carbocycles. The third-order valence-electron chi connectivity index (χ3n) is 3.42. The fourth-order valence-electron chi connectivity index (χ4n) is 2.41. The van der Waals surface area contributed by atoms with Crippen molar-refractivity contribution in [2.45, 2.75) is 32.6 Å². The minimum atomic E-state index is -0.132. The Morgan fingerprint density at radius 1 is 1.56 bits per heavy atom. The normalized spacial score (nSPS) is 15.3. The van der Waals surface area contributed by atoms with E-state index in [-0.39, 0.29) is 5.56 Å². The van der Waals surface area contributed by atoms with Gasteiger partial charge in [-0.25, -0.2) is 9.66 Å². The molecule has 1 aliphatic carbocycles. The van der Waals surface area contributed by atoms with Crippen LogP contribution in [-0.2, 0) is 6.42 Å². The summed E-state index contributed by atoms with van der Waals surface area (Å²) in [6.07, 6.45) is 6.35. The standard InChI is InChI=1S/C13H15N3OS/c1-8-7-18-12-11(8)13(17)16(14)10(15-12)6-9-4-2-3-5-9/h4,7H,2-3,5-6,14H2,1H3. The second-order valence-corrected chi connectivity index (χ2v) is 5.59. The predicted octanol–water partition coefficient (Wildman–Crippen LogP) is 2.13. The Morgan fingerprint density at radius 3 is 3.11 bits per heavy atom. The number of thiophene rings is 1. The third kappa shape index (κ3) is 1.75. The number of allylic oxidation sites excluding steroid dienone is 2. The van der Waals surface area contributed by atoms with E-state index in [4.69, 9.17) is 5.84 Å². The minimum absolute atomic E-state index is 0.132. The van der Waals surface area contributed by atoms with Gasteiger partial charge in [0.15, 0.2) is 0 Å². The Hall–Kier alpha value is -1.62. The third-order valence-corrected chi connectivity index (χ3v) is 4.41. The summed E-state index contributed by atoms with van der Waals surface area (Å²) in [5.41, 5.74) is 2.17. The lowest BCUT2D eigenvalue weighted by atomic mass is 10.1. The van der Waals surface area contributed by atoms with Crippen molar-refractivity contribution in [2.75, 3.05) is 5.84 Å². The van der Waals surface area contributed by atoms with Gasteiger partial charge in [0.1, 0.15) is 10.7 Å². The molecule has 0 aliphatic heterocycles. The van der Waals surface area contributed by atoms with Crippen LogP contribution in [0.3, 0.4) is 0 Å². The van der Waals surface area contributed by atoms with Gasteiger partial charge in [-0.1, -0.05) is 11.6 Å². The zero-order chi connectivity index (χ0) is 12.7. The van der Waals surface area contributed by atoms with Gasteiger partial charge >= 0.3 is 0 Å². The Labute approximate surface area is 109 Å². The van der Waals surface area contributed by atoms with Crippen molar-refractivity contribution < 1.29 is 0 Å². The van der Waals surface area contributed by atoms with Crippen LogP contribution >= 0.6 is 11.3 Å². The van der Waals surface area contributed by atoms with Gasteiger partial charge in [0.25, 0.3) is 5.56 Å². The maximum absolute atomic E-state index is 12.2. The van der Waals surface area contributed by atoms with E-state index in [0.29, 0.717) is 17.6 Å². The van der Waals surface area contributed by atoms with E-state index in [2.05, 4.69) is 11.1 Å². The van der Waals surface area contributed by atoms with E-state index < -0.39 is 0 Å². The van der Waals surface area contributed by atoms with Gasteiger partial charge in [-0.05, 0) is 37.1 Å². The topological polar surface area (TPSA) is 60.9 Å². The SMILES string of the molecule is Cc1csc2nc(CC3=CCCC3)n(N)c(=O)c12. The summed E-state index contributed by atoms with van der Waals surface area (Å²) in [6, 6.07) is 0. The molecule has 18 heavy (non-hydrogen) atoms. The van der Waals surface area contributed by atoms with Crippen LogP contribution in [0.5, 0.6) is 0 Å². The van der Waals surface area contributed by atoms with Crippen molar-refractivity contribution in [3.8, 4) is 0 Å². The Morgan fingerprint density at radius 2 is 2.39 bits per heavy atom. The number of hydrogen-bond acceptors (Lipinski definition) is 4. The van der Waals surface area contributed by atoms with Gasteiger partial charge in [0.2, 0.25) is 0 Å². The van der Waals surface area contributed by atoms with E-state index in [9.17, 15) is 4.79 Å². The average molecular weight is 261 g/mol. The molecule has 0 fully saturated rings. The van der Waals surface area contributed by atoms with Crippen LogP contribution in [0, 0.1) is 6.92 Å². The van der Waals surface area contributed by atoms with Crippen LogP contribution in [0.4, 0.5) is 0 Å². The molecule has 3 rings (SSSR count). The van der Waals surface area contributed by atoms with Crippen molar-refractivity contribution in [3.63, 3.8) is 0 Å². The number of aromatic nitrogens is 2. The van der Waals surface area contributed by atoms with E-state index in [1.807, 2.05) is 12.3 Å².